The summed E-state index contributed by atoms with van der Waals surface area (Å²) >= 11 is 0. The molecule has 1 aliphatic rings. The van der Waals surface area contributed by atoms with Crippen LogP contribution in [0.3, 0.4) is 0 Å². The Morgan fingerprint density at radius 3 is 2.48 bits per heavy atom. The largest absolute Gasteiger partial charge is 0.340 e. The molecular formula is C16H22N6O. The van der Waals surface area contributed by atoms with Gasteiger partial charge >= 0.3 is 0 Å². The SMILES string of the molecule is CC(C)N1CCN(c2nc(-c3ccncn3)cc(=O)n2C)CC1. The van der Waals surface area contributed by atoms with Gasteiger partial charge in [0.05, 0.1) is 11.4 Å². The van der Waals surface area contributed by atoms with Gasteiger partial charge in [0.1, 0.15) is 6.33 Å². The Bertz CT molecular complexity index is 719. The zero-order chi connectivity index (χ0) is 16.4. The molecule has 122 valence electrons. The van der Waals surface area contributed by atoms with Gasteiger partial charge in [-0.05, 0) is 19.9 Å². The van der Waals surface area contributed by atoms with E-state index in [4.69, 9.17) is 0 Å². The van der Waals surface area contributed by atoms with Crippen LogP contribution in [0.2, 0.25) is 0 Å². The first-order chi connectivity index (χ1) is 11.1. The Morgan fingerprint density at radius 1 is 1.13 bits per heavy atom. The molecule has 0 amide bonds. The van der Waals surface area contributed by atoms with Crippen molar-refractivity contribution in [3.8, 4) is 11.4 Å². The van der Waals surface area contributed by atoms with Gasteiger partial charge in [0.15, 0.2) is 0 Å². The van der Waals surface area contributed by atoms with Crippen molar-refractivity contribution in [1.82, 2.24) is 24.4 Å². The van der Waals surface area contributed by atoms with Crippen molar-refractivity contribution in [3.05, 3.63) is 35.0 Å². The highest BCUT2D eigenvalue weighted by Crippen LogP contribution is 2.18. The maximum absolute atomic E-state index is 12.3. The summed E-state index contributed by atoms with van der Waals surface area (Å²) in [7, 11) is 1.77. The van der Waals surface area contributed by atoms with E-state index in [0.29, 0.717) is 23.4 Å². The lowest BCUT2D eigenvalue weighted by Gasteiger charge is -2.37. The van der Waals surface area contributed by atoms with Gasteiger partial charge in [-0.2, -0.15) is 0 Å². The van der Waals surface area contributed by atoms with E-state index in [1.807, 2.05) is 0 Å². The lowest BCUT2D eigenvalue weighted by Crippen LogP contribution is -2.50. The minimum Gasteiger partial charge on any atom is -0.340 e. The average Bonchev–Trinajstić information content (AvgIpc) is 2.58. The molecule has 1 fully saturated rings. The van der Waals surface area contributed by atoms with E-state index in [2.05, 4.69) is 38.6 Å². The predicted octanol–water partition coefficient (Wildman–Crippen LogP) is 0.768. The predicted molar refractivity (Wildman–Crippen MR) is 89.4 cm³/mol. The molecule has 23 heavy (non-hydrogen) atoms. The van der Waals surface area contributed by atoms with Gasteiger partial charge in [-0.3, -0.25) is 14.3 Å². The molecule has 0 aliphatic carbocycles. The quantitative estimate of drug-likeness (QED) is 0.833. The molecule has 0 atom stereocenters. The van der Waals surface area contributed by atoms with Crippen molar-refractivity contribution in [2.24, 2.45) is 7.05 Å². The molecule has 0 spiro atoms. The normalized spacial score (nSPS) is 16.1. The van der Waals surface area contributed by atoms with Gasteiger partial charge in [-0.15, -0.1) is 0 Å². The monoisotopic (exact) mass is 314 g/mol. The van der Waals surface area contributed by atoms with Crippen LogP contribution in [0.4, 0.5) is 5.95 Å². The number of aromatic nitrogens is 4. The third-order valence-electron chi connectivity index (χ3n) is 4.28. The first-order valence-corrected chi connectivity index (χ1v) is 7.89. The van der Waals surface area contributed by atoms with Crippen LogP contribution in [-0.2, 0) is 7.05 Å². The third-order valence-corrected chi connectivity index (χ3v) is 4.28. The highest BCUT2D eigenvalue weighted by Gasteiger charge is 2.22. The number of hydrogen-bond donors (Lipinski definition) is 0. The summed E-state index contributed by atoms with van der Waals surface area (Å²) in [6.07, 6.45) is 3.12. The molecule has 7 heteroatoms. The Kier molecular flexibility index (Phi) is 4.38. The van der Waals surface area contributed by atoms with Crippen molar-refractivity contribution in [2.45, 2.75) is 19.9 Å². The van der Waals surface area contributed by atoms with Gasteiger partial charge in [-0.25, -0.2) is 15.0 Å². The molecule has 0 N–H and O–H groups in total. The summed E-state index contributed by atoms with van der Waals surface area (Å²) in [4.78, 5) is 29.7. The molecule has 0 saturated carbocycles. The summed E-state index contributed by atoms with van der Waals surface area (Å²) < 4.78 is 1.61. The summed E-state index contributed by atoms with van der Waals surface area (Å²) in [5, 5.41) is 0. The molecule has 3 rings (SSSR count). The molecule has 7 nitrogen and oxygen atoms in total. The first kappa shape index (κ1) is 15.6. The van der Waals surface area contributed by atoms with E-state index < -0.39 is 0 Å². The molecule has 0 unspecified atom stereocenters. The minimum absolute atomic E-state index is 0.0742. The van der Waals surface area contributed by atoms with E-state index in [1.54, 1.807) is 23.9 Å². The van der Waals surface area contributed by atoms with Crippen molar-refractivity contribution in [1.29, 1.82) is 0 Å². The van der Waals surface area contributed by atoms with Crippen LogP contribution in [0.15, 0.2) is 29.5 Å². The Morgan fingerprint density at radius 2 is 1.87 bits per heavy atom. The van der Waals surface area contributed by atoms with Gasteiger partial charge in [0.2, 0.25) is 5.95 Å². The highest BCUT2D eigenvalue weighted by atomic mass is 16.1. The van der Waals surface area contributed by atoms with Crippen molar-refractivity contribution < 1.29 is 0 Å². The van der Waals surface area contributed by atoms with Crippen LogP contribution < -0.4 is 10.5 Å². The average molecular weight is 314 g/mol. The van der Waals surface area contributed by atoms with Crippen molar-refractivity contribution in [3.63, 3.8) is 0 Å². The number of hydrogen-bond acceptors (Lipinski definition) is 6. The fourth-order valence-corrected chi connectivity index (χ4v) is 2.82. The lowest BCUT2D eigenvalue weighted by atomic mass is 10.2. The lowest BCUT2D eigenvalue weighted by molar-refractivity contribution is 0.208. The van der Waals surface area contributed by atoms with Crippen LogP contribution in [0.25, 0.3) is 11.4 Å². The molecule has 3 heterocycles. The third kappa shape index (κ3) is 3.24. The molecule has 0 bridgehead atoms. The minimum atomic E-state index is -0.0742. The second-order valence-electron chi connectivity index (χ2n) is 6.05. The van der Waals surface area contributed by atoms with Crippen LogP contribution in [0, 0.1) is 0 Å². The van der Waals surface area contributed by atoms with Crippen LogP contribution >= 0.6 is 0 Å². The zero-order valence-electron chi connectivity index (χ0n) is 13.8. The second kappa shape index (κ2) is 6.45. The van der Waals surface area contributed by atoms with E-state index >= 15 is 0 Å². The highest BCUT2D eigenvalue weighted by molar-refractivity contribution is 5.55. The number of rotatable bonds is 3. The number of piperazine rings is 1. The molecule has 2 aromatic rings. The van der Waals surface area contributed by atoms with E-state index in [1.165, 1.54) is 12.4 Å². The van der Waals surface area contributed by atoms with Crippen molar-refractivity contribution in [2.75, 3.05) is 31.1 Å². The second-order valence-corrected chi connectivity index (χ2v) is 6.05. The van der Waals surface area contributed by atoms with E-state index in [0.717, 1.165) is 26.2 Å². The molecule has 1 aliphatic heterocycles. The fraction of sp³-hybridized carbons (Fsp3) is 0.500. The number of anilines is 1. The fourth-order valence-electron chi connectivity index (χ4n) is 2.82. The molecule has 1 saturated heterocycles. The summed E-state index contributed by atoms with van der Waals surface area (Å²) in [6, 6.07) is 3.83. The molecular weight excluding hydrogens is 292 g/mol. The van der Waals surface area contributed by atoms with E-state index in [-0.39, 0.29) is 5.56 Å². The summed E-state index contributed by atoms with van der Waals surface area (Å²) in [6.45, 7) is 8.10. The van der Waals surface area contributed by atoms with Crippen LogP contribution in [0.5, 0.6) is 0 Å². The Labute approximate surface area is 135 Å². The molecule has 0 radical (unpaired) electrons. The van der Waals surface area contributed by atoms with Gasteiger partial charge in [-0.1, -0.05) is 0 Å². The molecule has 2 aromatic heterocycles. The Hall–Kier alpha value is -2.28. The van der Waals surface area contributed by atoms with E-state index in [9.17, 15) is 4.79 Å². The van der Waals surface area contributed by atoms with Crippen LogP contribution in [-0.4, -0.2) is 56.6 Å². The smallest absolute Gasteiger partial charge is 0.255 e. The summed E-state index contributed by atoms with van der Waals surface area (Å²) in [5.74, 6) is 0.703. The maximum Gasteiger partial charge on any atom is 0.255 e. The van der Waals surface area contributed by atoms with Gasteiger partial charge in [0, 0.05) is 51.5 Å². The Balaban J connectivity index is 1.91. The van der Waals surface area contributed by atoms with Crippen molar-refractivity contribution >= 4 is 5.95 Å². The topological polar surface area (TPSA) is 67.2 Å². The zero-order valence-corrected chi connectivity index (χ0v) is 13.8. The summed E-state index contributed by atoms with van der Waals surface area (Å²) in [5.41, 5.74) is 1.19. The van der Waals surface area contributed by atoms with Gasteiger partial charge in [0.25, 0.3) is 5.56 Å². The van der Waals surface area contributed by atoms with Crippen LogP contribution in [0.1, 0.15) is 13.8 Å². The van der Waals surface area contributed by atoms with Gasteiger partial charge < -0.3 is 4.90 Å². The standard InChI is InChI=1S/C16H22N6O/c1-12(2)21-6-8-22(9-7-21)16-19-14(10-15(23)20(16)3)13-4-5-17-11-18-13/h4-5,10-12H,6-9H2,1-3H3. The first-order valence-electron chi connectivity index (χ1n) is 7.89. The molecule has 0 aromatic carbocycles. The maximum atomic E-state index is 12.3. The number of nitrogens with zero attached hydrogens (tertiary/aromatic N) is 6.